The normalized spacial score (nSPS) is 11.4. The SMILES string of the molecule is COc1ccc(S(=O)(=O)N(C)C)cc1NC(=O)c1ccc(Cl)nc1. The van der Waals surface area contributed by atoms with Crippen molar-refractivity contribution < 1.29 is 17.9 Å². The van der Waals surface area contributed by atoms with Gasteiger partial charge >= 0.3 is 0 Å². The molecule has 9 heteroatoms. The number of hydrogen-bond acceptors (Lipinski definition) is 5. The molecule has 0 unspecified atom stereocenters. The van der Waals surface area contributed by atoms with Crippen molar-refractivity contribution >= 4 is 33.2 Å². The topological polar surface area (TPSA) is 88.6 Å². The van der Waals surface area contributed by atoms with Gasteiger partial charge in [-0.05, 0) is 30.3 Å². The van der Waals surface area contributed by atoms with Crippen LogP contribution in [0.4, 0.5) is 5.69 Å². The van der Waals surface area contributed by atoms with E-state index in [0.717, 1.165) is 4.31 Å². The van der Waals surface area contributed by atoms with Crippen LogP contribution in [0.2, 0.25) is 5.15 Å². The van der Waals surface area contributed by atoms with Crippen LogP contribution in [0.3, 0.4) is 0 Å². The number of carbonyl (C=O) groups is 1. The van der Waals surface area contributed by atoms with Crippen molar-refractivity contribution in [1.82, 2.24) is 9.29 Å². The zero-order valence-corrected chi connectivity index (χ0v) is 14.9. The Morgan fingerprint density at radius 3 is 2.50 bits per heavy atom. The first-order valence-electron chi connectivity index (χ1n) is 6.79. The summed E-state index contributed by atoms with van der Waals surface area (Å²) in [6.07, 6.45) is 1.32. The highest BCUT2D eigenvalue weighted by Crippen LogP contribution is 2.28. The molecule has 1 heterocycles. The summed E-state index contributed by atoms with van der Waals surface area (Å²) in [6.45, 7) is 0. The number of methoxy groups -OCH3 is 1. The number of nitrogens with one attached hydrogen (secondary N) is 1. The second-order valence-corrected chi connectivity index (χ2v) is 7.51. The third kappa shape index (κ3) is 3.84. The van der Waals surface area contributed by atoms with Gasteiger partial charge in [-0.25, -0.2) is 17.7 Å². The van der Waals surface area contributed by atoms with Gasteiger partial charge in [0.05, 0.1) is 23.3 Å². The Bertz CT molecular complexity index is 852. The van der Waals surface area contributed by atoms with E-state index in [-0.39, 0.29) is 21.3 Å². The van der Waals surface area contributed by atoms with Gasteiger partial charge < -0.3 is 10.1 Å². The molecule has 0 atom stereocenters. The molecule has 0 saturated carbocycles. The van der Waals surface area contributed by atoms with Crippen molar-refractivity contribution in [3.63, 3.8) is 0 Å². The minimum Gasteiger partial charge on any atom is -0.495 e. The maximum Gasteiger partial charge on any atom is 0.257 e. The van der Waals surface area contributed by atoms with Crippen molar-refractivity contribution in [3.8, 4) is 5.75 Å². The van der Waals surface area contributed by atoms with Gasteiger partial charge in [0.1, 0.15) is 10.9 Å². The van der Waals surface area contributed by atoms with Crippen LogP contribution in [0.1, 0.15) is 10.4 Å². The third-order valence-corrected chi connectivity index (χ3v) is 5.22. The Balaban J connectivity index is 2.38. The summed E-state index contributed by atoms with van der Waals surface area (Å²) < 4.78 is 30.7. The van der Waals surface area contributed by atoms with Crippen LogP contribution in [0.15, 0.2) is 41.4 Å². The summed E-state index contributed by atoms with van der Waals surface area (Å²) in [6, 6.07) is 7.23. The average molecular weight is 370 g/mol. The van der Waals surface area contributed by atoms with Crippen molar-refractivity contribution in [2.24, 2.45) is 0 Å². The zero-order chi connectivity index (χ0) is 17.9. The fraction of sp³-hybridized carbons (Fsp3) is 0.200. The molecule has 128 valence electrons. The van der Waals surface area contributed by atoms with Gasteiger partial charge in [0.2, 0.25) is 10.0 Å². The Morgan fingerprint density at radius 1 is 1.25 bits per heavy atom. The quantitative estimate of drug-likeness (QED) is 0.816. The molecule has 0 aliphatic heterocycles. The molecule has 1 amide bonds. The first-order valence-corrected chi connectivity index (χ1v) is 8.61. The van der Waals surface area contributed by atoms with E-state index in [9.17, 15) is 13.2 Å². The molecule has 0 saturated heterocycles. The summed E-state index contributed by atoms with van der Waals surface area (Å²) in [5.74, 6) is -0.125. The molecule has 0 spiro atoms. The summed E-state index contributed by atoms with van der Waals surface area (Å²) in [5.41, 5.74) is 0.516. The summed E-state index contributed by atoms with van der Waals surface area (Å²) in [5, 5.41) is 2.89. The second-order valence-electron chi connectivity index (χ2n) is 4.97. The van der Waals surface area contributed by atoms with Crippen LogP contribution in [-0.2, 0) is 10.0 Å². The second kappa shape index (κ2) is 7.16. The fourth-order valence-corrected chi connectivity index (χ4v) is 2.90. The van der Waals surface area contributed by atoms with E-state index in [1.54, 1.807) is 0 Å². The molecule has 0 bridgehead atoms. The number of anilines is 1. The Labute approximate surface area is 145 Å². The van der Waals surface area contributed by atoms with Crippen LogP contribution in [-0.4, -0.2) is 44.8 Å². The van der Waals surface area contributed by atoms with Crippen molar-refractivity contribution in [3.05, 3.63) is 47.2 Å². The number of ether oxygens (including phenoxy) is 1. The molecule has 7 nitrogen and oxygen atoms in total. The largest absolute Gasteiger partial charge is 0.495 e. The number of amides is 1. The van der Waals surface area contributed by atoms with Gasteiger partial charge in [0, 0.05) is 20.3 Å². The van der Waals surface area contributed by atoms with E-state index in [4.69, 9.17) is 16.3 Å². The molecular formula is C15H16ClN3O4S. The monoisotopic (exact) mass is 369 g/mol. The number of hydrogen-bond donors (Lipinski definition) is 1. The van der Waals surface area contributed by atoms with Gasteiger partial charge in [-0.15, -0.1) is 0 Å². The standard InChI is InChI=1S/C15H16ClN3O4S/c1-19(2)24(21,22)11-5-6-13(23-3)12(8-11)18-15(20)10-4-7-14(16)17-9-10/h4-9H,1-3H3,(H,18,20). The lowest BCUT2D eigenvalue weighted by molar-refractivity contribution is 0.102. The molecule has 0 radical (unpaired) electrons. The number of benzene rings is 1. The number of halogens is 1. The Hall–Kier alpha value is -2.16. The number of rotatable bonds is 5. The number of carbonyl (C=O) groups excluding carboxylic acids is 1. The third-order valence-electron chi connectivity index (χ3n) is 3.19. The lowest BCUT2D eigenvalue weighted by Crippen LogP contribution is -2.22. The van der Waals surface area contributed by atoms with E-state index in [0.29, 0.717) is 5.75 Å². The van der Waals surface area contributed by atoms with Gasteiger partial charge in [-0.1, -0.05) is 11.6 Å². The highest BCUT2D eigenvalue weighted by atomic mass is 35.5. The summed E-state index contributed by atoms with van der Waals surface area (Å²) in [4.78, 5) is 16.2. The summed E-state index contributed by atoms with van der Waals surface area (Å²) >= 11 is 5.69. The van der Waals surface area contributed by atoms with E-state index in [2.05, 4.69) is 10.3 Å². The highest BCUT2D eigenvalue weighted by Gasteiger charge is 2.20. The predicted octanol–water partition coefficient (Wildman–Crippen LogP) is 2.25. The Kier molecular flexibility index (Phi) is 5.43. The molecule has 2 rings (SSSR count). The molecule has 1 aromatic carbocycles. The first kappa shape index (κ1) is 18.2. The average Bonchev–Trinajstić information content (AvgIpc) is 2.55. The molecule has 1 N–H and O–H groups in total. The van der Waals surface area contributed by atoms with Crippen LogP contribution in [0, 0.1) is 0 Å². The number of aromatic nitrogens is 1. The lowest BCUT2D eigenvalue weighted by Gasteiger charge is -2.15. The molecule has 0 fully saturated rings. The van der Waals surface area contributed by atoms with E-state index >= 15 is 0 Å². The number of sulfonamides is 1. The first-order chi connectivity index (χ1) is 11.3. The van der Waals surface area contributed by atoms with Crippen molar-refractivity contribution in [1.29, 1.82) is 0 Å². The molecule has 0 aliphatic rings. The number of nitrogens with zero attached hydrogens (tertiary/aromatic N) is 2. The summed E-state index contributed by atoms with van der Waals surface area (Å²) in [7, 11) is 0.647. The van der Waals surface area contributed by atoms with Crippen molar-refractivity contribution in [2.75, 3.05) is 26.5 Å². The van der Waals surface area contributed by atoms with Gasteiger partial charge in [-0.3, -0.25) is 4.79 Å². The van der Waals surface area contributed by atoms with Gasteiger partial charge in [-0.2, -0.15) is 0 Å². The van der Waals surface area contributed by atoms with Gasteiger partial charge in [0.15, 0.2) is 0 Å². The highest BCUT2D eigenvalue weighted by molar-refractivity contribution is 7.89. The van der Waals surface area contributed by atoms with E-state index in [1.807, 2.05) is 0 Å². The van der Waals surface area contributed by atoms with Crippen LogP contribution < -0.4 is 10.1 Å². The maximum atomic E-state index is 12.3. The predicted molar refractivity (Wildman–Crippen MR) is 91.1 cm³/mol. The van der Waals surface area contributed by atoms with E-state index in [1.165, 1.54) is 57.7 Å². The van der Waals surface area contributed by atoms with Crippen molar-refractivity contribution in [2.45, 2.75) is 4.90 Å². The molecule has 1 aromatic heterocycles. The molecule has 0 aliphatic carbocycles. The molecule has 2 aromatic rings. The minimum atomic E-state index is -3.63. The smallest absolute Gasteiger partial charge is 0.257 e. The molecule has 24 heavy (non-hydrogen) atoms. The number of pyridine rings is 1. The van der Waals surface area contributed by atoms with Crippen LogP contribution in [0.5, 0.6) is 5.75 Å². The van der Waals surface area contributed by atoms with Crippen LogP contribution in [0.25, 0.3) is 0 Å². The lowest BCUT2D eigenvalue weighted by atomic mass is 10.2. The van der Waals surface area contributed by atoms with Crippen LogP contribution >= 0.6 is 11.6 Å². The minimum absolute atomic E-state index is 0.0397. The fourth-order valence-electron chi connectivity index (χ4n) is 1.86. The Morgan fingerprint density at radius 2 is 1.96 bits per heavy atom. The zero-order valence-electron chi connectivity index (χ0n) is 13.3. The van der Waals surface area contributed by atoms with Gasteiger partial charge in [0.25, 0.3) is 5.91 Å². The van der Waals surface area contributed by atoms with E-state index < -0.39 is 15.9 Å². The maximum absolute atomic E-state index is 12.3. The molecular weight excluding hydrogens is 354 g/mol.